The Hall–Kier alpha value is -1.36. The van der Waals surface area contributed by atoms with E-state index in [1.54, 1.807) is 45.0 Å². The molecule has 0 fully saturated rings. The van der Waals surface area contributed by atoms with Crippen LogP contribution in [0.3, 0.4) is 0 Å². The van der Waals surface area contributed by atoms with Crippen LogP contribution in [0.2, 0.25) is 0 Å². The summed E-state index contributed by atoms with van der Waals surface area (Å²) in [5.74, 6) is -0.0315. The number of carbonyl (C=O) groups excluding carboxylic acids is 1. The minimum absolute atomic E-state index is 0.0579. The first kappa shape index (κ1) is 20.7. The lowest BCUT2D eigenvalue weighted by Gasteiger charge is -2.25. The Morgan fingerprint density at radius 2 is 1.79 bits per heavy atom. The van der Waals surface area contributed by atoms with Gasteiger partial charge in [-0.15, -0.1) is 0 Å². The maximum absolute atomic E-state index is 13.1. The van der Waals surface area contributed by atoms with Crippen molar-refractivity contribution in [3.63, 3.8) is 0 Å². The third-order valence-electron chi connectivity index (χ3n) is 3.20. The second-order valence-corrected chi connectivity index (χ2v) is 7.97. The molecule has 6 nitrogen and oxygen atoms in total. The number of para-hydroxylation sites is 1. The largest absolute Gasteiger partial charge is 0.462 e. The standard InChI is InChI=1S/C17H28NO5P/c1-6-14(4)21-12-24(20,23-16-10-8-7-9-11-16)18-15(5)17(19)22-13(2)3/h7-11,13-15H,6,12H2,1-5H3,(H,18,20). The van der Waals surface area contributed by atoms with Crippen molar-refractivity contribution < 1.29 is 23.4 Å². The summed E-state index contributed by atoms with van der Waals surface area (Å²) in [6, 6.07) is 8.03. The van der Waals surface area contributed by atoms with E-state index in [0.717, 1.165) is 6.42 Å². The van der Waals surface area contributed by atoms with Crippen LogP contribution < -0.4 is 9.61 Å². The van der Waals surface area contributed by atoms with E-state index in [0.29, 0.717) is 5.75 Å². The summed E-state index contributed by atoms with van der Waals surface area (Å²) in [4.78, 5) is 12.0. The Morgan fingerprint density at radius 1 is 1.17 bits per heavy atom. The van der Waals surface area contributed by atoms with Gasteiger partial charge in [-0.3, -0.25) is 9.36 Å². The second kappa shape index (κ2) is 9.82. The van der Waals surface area contributed by atoms with E-state index in [2.05, 4.69) is 5.09 Å². The Bertz CT molecular complexity index is 549. The van der Waals surface area contributed by atoms with Gasteiger partial charge >= 0.3 is 13.5 Å². The van der Waals surface area contributed by atoms with Gasteiger partial charge in [-0.1, -0.05) is 25.1 Å². The van der Waals surface area contributed by atoms with Crippen LogP contribution in [0.4, 0.5) is 0 Å². The quantitative estimate of drug-likeness (QED) is 0.505. The van der Waals surface area contributed by atoms with E-state index < -0.39 is 19.5 Å². The van der Waals surface area contributed by atoms with Crippen molar-refractivity contribution in [2.45, 2.75) is 59.3 Å². The number of carbonyl (C=O) groups is 1. The Morgan fingerprint density at radius 3 is 2.33 bits per heavy atom. The third-order valence-corrected chi connectivity index (χ3v) is 4.97. The van der Waals surface area contributed by atoms with Crippen LogP contribution >= 0.6 is 7.52 Å². The molecule has 0 saturated carbocycles. The molecule has 1 rings (SSSR count). The average Bonchev–Trinajstić information content (AvgIpc) is 2.52. The van der Waals surface area contributed by atoms with E-state index in [9.17, 15) is 9.36 Å². The van der Waals surface area contributed by atoms with Gasteiger partial charge in [0.15, 0.2) is 0 Å². The van der Waals surface area contributed by atoms with Gasteiger partial charge < -0.3 is 14.0 Å². The van der Waals surface area contributed by atoms with Crippen molar-refractivity contribution in [2.24, 2.45) is 0 Å². The summed E-state index contributed by atoms with van der Waals surface area (Å²) in [7, 11) is -3.43. The molecule has 0 aliphatic heterocycles. The third kappa shape index (κ3) is 7.47. The molecule has 0 aliphatic rings. The molecular weight excluding hydrogens is 329 g/mol. The molecule has 0 amide bonds. The highest BCUT2D eigenvalue weighted by Crippen LogP contribution is 2.44. The molecule has 0 heterocycles. The van der Waals surface area contributed by atoms with E-state index in [4.69, 9.17) is 14.0 Å². The number of benzene rings is 1. The summed E-state index contributed by atoms with van der Waals surface area (Å²) in [5, 5.41) is 2.76. The Balaban J connectivity index is 2.83. The first-order valence-corrected chi connectivity index (χ1v) is 10.0. The SMILES string of the molecule is CCC(C)OCP(=O)(NC(C)C(=O)OC(C)C)Oc1ccccc1. The summed E-state index contributed by atoms with van der Waals surface area (Å²) in [5.41, 5.74) is 0. The predicted octanol–water partition coefficient (Wildman–Crippen LogP) is 3.96. The average molecular weight is 357 g/mol. The molecule has 1 aromatic carbocycles. The number of nitrogens with one attached hydrogen (secondary N) is 1. The normalized spacial score (nSPS) is 16.2. The highest BCUT2D eigenvalue weighted by atomic mass is 31.2. The zero-order valence-electron chi connectivity index (χ0n) is 15.0. The lowest BCUT2D eigenvalue weighted by molar-refractivity contribution is -0.149. The second-order valence-electron chi connectivity index (χ2n) is 5.93. The predicted molar refractivity (Wildman–Crippen MR) is 94.2 cm³/mol. The summed E-state index contributed by atoms with van der Waals surface area (Å²) < 4.78 is 29.5. The fourth-order valence-electron chi connectivity index (χ4n) is 1.77. The van der Waals surface area contributed by atoms with Crippen LogP contribution in [0.5, 0.6) is 5.75 Å². The number of hydrogen-bond acceptors (Lipinski definition) is 5. The van der Waals surface area contributed by atoms with Crippen molar-refractivity contribution in [1.29, 1.82) is 0 Å². The van der Waals surface area contributed by atoms with E-state index >= 15 is 0 Å². The van der Waals surface area contributed by atoms with Crippen molar-refractivity contribution in [2.75, 3.05) is 6.35 Å². The molecule has 0 spiro atoms. The number of ether oxygens (including phenoxy) is 2. The lowest BCUT2D eigenvalue weighted by atomic mass is 10.3. The van der Waals surface area contributed by atoms with Crippen molar-refractivity contribution in [3.8, 4) is 5.75 Å². The number of hydrogen-bond donors (Lipinski definition) is 1. The van der Waals surface area contributed by atoms with Gasteiger partial charge in [0.25, 0.3) is 0 Å². The van der Waals surface area contributed by atoms with Crippen molar-refractivity contribution in [3.05, 3.63) is 30.3 Å². The van der Waals surface area contributed by atoms with Crippen molar-refractivity contribution >= 4 is 13.5 Å². The molecule has 0 bridgehead atoms. The van der Waals surface area contributed by atoms with Gasteiger partial charge in [-0.25, -0.2) is 5.09 Å². The highest BCUT2D eigenvalue weighted by Gasteiger charge is 2.31. The molecular formula is C17H28NO5P. The van der Waals surface area contributed by atoms with Gasteiger partial charge in [0.1, 0.15) is 18.1 Å². The van der Waals surface area contributed by atoms with Crippen LogP contribution in [0, 0.1) is 0 Å². The van der Waals surface area contributed by atoms with Crippen LogP contribution in [-0.2, 0) is 18.8 Å². The van der Waals surface area contributed by atoms with Crippen LogP contribution in [0.25, 0.3) is 0 Å². The first-order chi connectivity index (χ1) is 11.3. The van der Waals surface area contributed by atoms with Gasteiger partial charge in [-0.05, 0) is 46.2 Å². The molecule has 1 aromatic rings. The smallest absolute Gasteiger partial charge is 0.342 e. The highest BCUT2D eigenvalue weighted by molar-refractivity contribution is 7.57. The lowest BCUT2D eigenvalue weighted by Crippen LogP contribution is -2.36. The van der Waals surface area contributed by atoms with Gasteiger partial charge in [0.2, 0.25) is 0 Å². The molecule has 0 saturated heterocycles. The van der Waals surface area contributed by atoms with E-state index in [1.807, 2.05) is 19.9 Å². The number of rotatable bonds is 10. The molecule has 1 N–H and O–H groups in total. The topological polar surface area (TPSA) is 73.9 Å². The Labute approximate surface area is 144 Å². The maximum Gasteiger partial charge on any atom is 0.342 e. The molecule has 24 heavy (non-hydrogen) atoms. The van der Waals surface area contributed by atoms with Gasteiger partial charge in [0.05, 0.1) is 12.2 Å². The van der Waals surface area contributed by atoms with E-state index in [-0.39, 0.29) is 18.6 Å². The zero-order valence-corrected chi connectivity index (χ0v) is 15.9. The maximum atomic E-state index is 13.1. The minimum atomic E-state index is -3.43. The molecule has 0 radical (unpaired) electrons. The van der Waals surface area contributed by atoms with Crippen molar-refractivity contribution in [1.82, 2.24) is 5.09 Å². The van der Waals surface area contributed by atoms with E-state index in [1.165, 1.54) is 0 Å². The molecule has 7 heteroatoms. The zero-order chi connectivity index (χ0) is 18.2. The monoisotopic (exact) mass is 357 g/mol. The van der Waals surface area contributed by atoms with Crippen LogP contribution in [0.1, 0.15) is 41.0 Å². The molecule has 3 atom stereocenters. The fourth-order valence-corrected chi connectivity index (χ4v) is 3.56. The summed E-state index contributed by atoms with van der Waals surface area (Å²) >= 11 is 0. The van der Waals surface area contributed by atoms with Gasteiger partial charge in [-0.2, -0.15) is 0 Å². The Kier molecular flexibility index (Phi) is 8.46. The fraction of sp³-hybridized carbons (Fsp3) is 0.588. The molecule has 0 aliphatic carbocycles. The summed E-state index contributed by atoms with van der Waals surface area (Å²) in [6.45, 7) is 8.98. The van der Waals surface area contributed by atoms with Crippen LogP contribution in [0.15, 0.2) is 30.3 Å². The first-order valence-electron chi connectivity index (χ1n) is 8.19. The molecule has 0 aromatic heterocycles. The molecule has 136 valence electrons. The van der Waals surface area contributed by atoms with Gasteiger partial charge in [0, 0.05) is 0 Å². The van der Waals surface area contributed by atoms with Crippen LogP contribution in [-0.4, -0.2) is 30.6 Å². The number of esters is 1. The minimum Gasteiger partial charge on any atom is -0.462 e. The molecule has 3 unspecified atom stereocenters. The summed E-state index contributed by atoms with van der Waals surface area (Å²) in [6.07, 6.45) is 0.358.